The highest BCUT2D eigenvalue weighted by Crippen LogP contribution is 2.28. The van der Waals surface area contributed by atoms with E-state index < -0.39 is 5.54 Å². The molecule has 2 atom stereocenters. The maximum atomic E-state index is 11.7. The molecule has 0 fully saturated rings. The lowest BCUT2D eigenvalue weighted by Crippen LogP contribution is -2.56. The molecule has 2 unspecified atom stereocenters. The Morgan fingerprint density at radius 1 is 1.32 bits per heavy atom. The Kier molecular flexibility index (Phi) is 5.88. The van der Waals surface area contributed by atoms with Gasteiger partial charge in [0.25, 0.3) is 0 Å². The number of rotatable bonds is 7. The average Bonchev–Trinajstić information content (AvgIpc) is 2.28. The van der Waals surface area contributed by atoms with E-state index in [1.165, 1.54) is 4.90 Å². The first-order chi connectivity index (χ1) is 8.83. The molecule has 3 nitrogen and oxygen atoms in total. The number of benzene rings is 1. The van der Waals surface area contributed by atoms with Gasteiger partial charge in [0.1, 0.15) is 0 Å². The van der Waals surface area contributed by atoms with Crippen LogP contribution in [0.1, 0.15) is 34.1 Å². The Hall–Kier alpha value is -1.00. The molecule has 0 saturated heterocycles. The molecule has 0 spiro atoms. The standard InChI is InChI=1S/C15H24N2OS/c1-11(2)17-15(4,14(16)18)10-12(3)19-13-8-6-5-7-9-13/h5-9,11-12,17H,10H2,1-4H3,(H2,16,18). The number of amides is 1. The second-order valence-electron chi connectivity index (χ2n) is 5.44. The number of primary amides is 1. The molecule has 19 heavy (non-hydrogen) atoms. The Labute approximate surface area is 120 Å². The van der Waals surface area contributed by atoms with Gasteiger partial charge >= 0.3 is 0 Å². The summed E-state index contributed by atoms with van der Waals surface area (Å²) < 4.78 is 0. The largest absolute Gasteiger partial charge is 0.368 e. The molecule has 4 heteroatoms. The molecule has 1 amide bonds. The lowest BCUT2D eigenvalue weighted by Gasteiger charge is -2.32. The lowest BCUT2D eigenvalue weighted by molar-refractivity contribution is -0.124. The fraction of sp³-hybridized carbons (Fsp3) is 0.533. The number of nitrogens with one attached hydrogen (secondary N) is 1. The summed E-state index contributed by atoms with van der Waals surface area (Å²) in [6.45, 7) is 8.06. The zero-order chi connectivity index (χ0) is 14.5. The molecule has 1 rings (SSSR count). The number of carbonyl (C=O) groups is 1. The summed E-state index contributed by atoms with van der Waals surface area (Å²) in [4.78, 5) is 12.9. The van der Waals surface area contributed by atoms with E-state index in [0.29, 0.717) is 11.7 Å². The fourth-order valence-corrected chi connectivity index (χ4v) is 3.41. The van der Waals surface area contributed by atoms with Gasteiger partial charge in [0.05, 0.1) is 5.54 Å². The number of carbonyl (C=O) groups excluding carboxylic acids is 1. The minimum atomic E-state index is -0.657. The SMILES string of the molecule is CC(C)NC(C)(CC(C)Sc1ccccc1)C(N)=O. The van der Waals surface area contributed by atoms with Crippen LogP contribution in [0.15, 0.2) is 35.2 Å². The molecule has 0 bridgehead atoms. The van der Waals surface area contributed by atoms with E-state index in [0.717, 1.165) is 0 Å². The van der Waals surface area contributed by atoms with Gasteiger partial charge in [-0.1, -0.05) is 25.1 Å². The molecule has 1 aromatic carbocycles. The van der Waals surface area contributed by atoms with Crippen LogP contribution >= 0.6 is 11.8 Å². The van der Waals surface area contributed by atoms with Crippen LogP contribution in [-0.4, -0.2) is 22.7 Å². The Morgan fingerprint density at radius 3 is 2.37 bits per heavy atom. The molecule has 106 valence electrons. The molecule has 0 aliphatic carbocycles. The van der Waals surface area contributed by atoms with Gasteiger partial charge in [0, 0.05) is 16.2 Å². The number of nitrogens with two attached hydrogens (primary N) is 1. The van der Waals surface area contributed by atoms with Crippen LogP contribution in [0, 0.1) is 0 Å². The van der Waals surface area contributed by atoms with Crippen molar-refractivity contribution in [3.8, 4) is 0 Å². The van der Waals surface area contributed by atoms with Gasteiger partial charge in [0.2, 0.25) is 5.91 Å². The molecule has 0 aliphatic rings. The first-order valence-corrected chi connectivity index (χ1v) is 7.51. The molecular formula is C15H24N2OS. The second-order valence-corrected chi connectivity index (χ2v) is 6.95. The Bertz CT molecular complexity index is 408. The van der Waals surface area contributed by atoms with Crippen molar-refractivity contribution in [2.24, 2.45) is 5.73 Å². The van der Waals surface area contributed by atoms with Crippen molar-refractivity contribution in [3.63, 3.8) is 0 Å². The summed E-state index contributed by atoms with van der Waals surface area (Å²) in [7, 11) is 0. The van der Waals surface area contributed by atoms with Gasteiger partial charge in [0.15, 0.2) is 0 Å². The van der Waals surface area contributed by atoms with Crippen LogP contribution in [-0.2, 0) is 4.79 Å². The van der Waals surface area contributed by atoms with Crippen LogP contribution in [0.25, 0.3) is 0 Å². The molecular weight excluding hydrogens is 256 g/mol. The smallest absolute Gasteiger partial charge is 0.237 e. The van der Waals surface area contributed by atoms with Gasteiger partial charge < -0.3 is 11.1 Å². The number of hydrogen-bond donors (Lipinski definition) is 2. The first kappa shape index (κ1) is 16.1. The number of thioether (sulfide) groups is 1. The van der Waals surface area contributed by atoms with Crippen molar-refractivity contribution in [2.45, 2.75) is 55.8 Å². The van der Waals surface area contributed by atoms with E-state index >= 15 is 0 Å². The lowest BCUT2D eigenvalue weighted by atomic mass is 9.94. The third-order valence-corrected chi connectivity index (χ3v) is 4.04. The van der Waals surface area contributed by atoms with Crippen LogP contribution in [0.3, 0.4) is 0 Å². The van der Waals surface area contributed by atoms with E-state index in [4.69, 9.17) is 5.73 Å². The molecule has 3 N–H and O–H groups in total. The van der Waals surface area contributed by atoms with Crippen LogP contribution in [0.4, 0.5) is 0 Å². The zero-order valence-corrected chi connectivity index (χ0v) is 13.0. The topological polar surface area (TPSA) is 55.1 Å². The molecule has 0 radical (unpaired) electrons. The van der Waals surface area contributed by atoms with Gasteiger partial charge in [-0.2, -0.15) is 0 Å². The summed E-state index contributed by atoms with van der Waals surface area (Å²) in [5, 5.41) is 3.60. The predicted octanol–water partition coefficient (Wildman–Crippen LogP) is 2.80. The van der Waals surface area contributed by atoms with E-state index in [9.17, 15) is 4.79 Å². The molecule has 1 aromatic rings. The minimum Gasteiger partial charge on any atom is -0.368 e. The average molecular weight is 280 g/mol. The van der Waals surface area contributed by atoms with Crippen LogP contribution in [0.5, 0.6) is 0 Å². The molecule has 0 aromatic heterocycles. The van der Waals surface area contributed by atoms with Crippen molar-refractivity contribution in [3.05, 3.63) is 30.3 Å². The quantitative estimate of drug-likeness (QED) is 0.755. The number of hydrogen-bond acceptors (Lipinski definition) is 3. The normalized spacial score (nSPS) is 16.1. The van der Waals surface area contributed by atoms with Crippen molar-refractivity contribution in [1.82, 2.24) is 5.32 Å². The molecule has 0 saturated carbocycles. The van der Waals surface area contributed by atoms with Crippen molar-refractivity contribution >= 4 is 17.7 Å². The van der Waals surface area contributed by atoms with Gasteiger partial charge in [-0.25, -0.2) is 0 Å². The van der Waals surface area contributed by atoms with Crippen molar-refractivity contribution in [1.29, 1.82) is 0 Å². The third kappa shape index (κ3) is 5.25. The monoisotopic (exact) mass is 280 g/mol. The Morgan fingerprint density at radius 2 is 1.89 bits per heavy atom. The van der Waals surface area contributed by atoms with E-state index in [1.54, 1.807) is 11.8 Å². The highest BCUT2D eigenvalue weighted by atomic mass is 32.2. The first-order valence-electron chi connectivity index (χ1n) is 6.63. The summed E-state index contributed by atoms with van der Waals surface area (Å²) in [5.74, 6) is -0.290. The molecule has 0 aliphatic heterocycles. The highest BCUT2D eigenvalue weighted by molar-refractivity contribution is 7.99. The molecule has 0 heterocycles. The zero-order valence-electron chi connectivity index (χ0n) is 12.1. The van der Waals surface area contributed by atoms with Gasteiger partial charge in [-0.05, 0) is 39.3 Å². The third-order valence-electron chi connectivity index (χ3n) is 2.93. The fourth-order valence-electron chi connectivity index (χ4n) is 2.22. The predicted molar refractivity (Wildman–Crippen MR) is 82.2 cm³/mol. The van der Waals surface area contributed by atoms with Gasteiger partial charge in [-0.3, -0.25) is 4.79 Å². The summed E-state index contributed by atoms with van der Waals surface area (Å²) >= 11 is 1.77. The summed E-state index contributed by atoms with van der Waals surface area (Å²) in [5.41, 5.74) is 4.89. The van der Waals surface area contributed by atoms with Gasteiger partial charge in [-0.15, -0.1) is 11.8 Å². The highest BCUT2D eigenvalue weighted by Gasteiger charge is 2.33. The van der Waals surface area contributed by atoms with Crippen LogP contribution in [0.2, 0.25) is 0 Å². The van der Waals surface area contributed by atoms with E-state index in [2.05, 4.69) is 24.4 Å². The minimum absolute atomic E-state index is 0.228. The van der Waals surface area contributed by atoms with Crippen LogP contribution < -0.4 is 11.1 Å². The summed E-state index contributed by atoms with van der Waals surface area (Å²) in [6.07, 6.45) is 0.708. The van der Waals surface area contributed by atoms with E-state index in [-0.39, 0.29) is 11.9 Å². The second kappa shape index (κ2) is 6.96. The van der Waals surface area contributed by atoms with Crippen molar-refractivity contribution in [2.75, 3.05) is 0 Å². The summed E-state index contributed by atoms with van der Waals surface area (Å²) in [6, 6.07) is 10.4. The maximum absolute atomic E-state index is 11.7. The van der Waals surface area contributed by atoms with Crippen molar-refractivity contribution < 1.29 is 4.79 Å². The maximum Gasteiger partial charge on any atom is 0.237 e. The Balaban J connectivity index is 2.66. The van der Waals surface area contributed by atoms with E-state index in [1.807, 2.05) is 39.0 Å².